The predicted molar refractivity (Wildman–Crippen MR) is 79.5 cm³/mol. The van der Waals surface area contributed by atoms with Gasteiger partial charge in [0.1, 0.15) is 0 Å². The molecule has 2 rings (SSSR count). The van der Waals surface area contributed by atoms with Gasteiger partial charge in [-0.3, -0.25) is 4.79 Å². The lowest BCUT2D eigenvalue weighted by molar-refractivity contribution is -0.142. The third-order valence-corrected chi connectivity index (χ3v) is 3.99. The van der Waals surface area contributed by atoms with Gasteiger partial charge in [-0.1, -0.05) is 28.1 Å². The molecule has 0 spiro atoms. The van der Waals surface area contributed by atoms with Crippen molar-refractivity contribution in [1.29, 1.82) is 0 Å². The molecule has 2 unspecified atom stereocenters. The van der Waals surface area contributed by atoms with Crippen molar-refractivity contribution in [3.8, 4) is 0 Å². The van der Waals surface area contributed by atoms with E-state index >= 15 is 0 Å². The van der Waals surface area contributed by atoms with Gasteiger partial charge < -0.3 is 9.64 Å². The van der Waals surface area contributed by atoms with Crippen molar-refractivity contribution in [1.82, 2.24) is 4.90 Å². The summed E-state index contributed by atoms with van der Waals surface area (Å²) in [5.41, 5.74) is 1.02. The van der Waals surface area contributed by atoms with Gasteiger partial charge in [-0.2, -0.15) is 0 Å². The van der Waals surface area contributed by atoms with E-state index < -0.39 is 0 Å². The molecule has 1 aliphatic rings. The van der Waals surface area contributed by atoms with Crippen LogP contribution in [0.1, 0.15) is 12.5 Å². The molecule has 0 bridgehead atoms. The standard InChI is InChI=1S/C14H17BrClNO2/c1-10-8-17(9-13(7-16)19-10)14(18)6-11-2-4-12(15)5-3-11/h2-5,10,13H,6-9H2,1H3. The summed E-state index contributed by atoms with van der Waals surface area (Å²) in [5, 5.41) is 0. The Labute approximate surface area is 127 Å². The Hall–Kier alpha value is -0.580. The van der Waals surface area contributed by atoms with Crippen LogP contribution in [0.4, 0.5) is 0 Å². The maximum Gasteiger partial charge on any atom is 0.227 e. The van der Waals surface area contributed by atoms with Gasteiger partial charge in [0.25, 0.3) is 0 Å². The number of alkyl halides is 1. The average molecular weight is 347 g/mol. The molecule has 5 heteroatoms. The minimum Gasteiger partial charge on any atom is -0.370 e. The van der Waals surface area contributed by atoms with E-state index in [1.54, 1.807) is 0 Å². The maximum atomic E-state index is 12.3. The van der Waals surface area contributed by atoms with Crippen LogP contribution in [0.3, 0.4) is 0 Å². The summed E-state index contributed by atoms with van der Waals surface area (Å²) in [6, 6.07) is 7.83. The number of hydrogen-bond donors (Lipinski definition) is 0. The molecule has 0 N–H and O–H groups in total. The van der Waals surface area contributed by atoms with Crippen molar-refractivity contribution in [2.75, 3.05) is 19.0 Å². The average Bonchev–Trinajstić information content (AvgIpc) is 2.40. The summed E-state index contributed by atoms with van der Waals surface area (Å²) in [6.45, 7) is 3.20. The number of hydrogen-bond acceptors (Lipinski definition) is 2. The van der Waals surface area contributed by atoms with Gasteiger partial charge in [0.15, 0.2) is 0 Å². The Balaban J connectivity index is 1.97. The Morgan fingerprint density at radius 2 is 2.11 bits per heavy atom. The topological polar surface area (TPSA) is 29.5 Å². The fourth-order valence-electron chi connectivity index (χ4n) is 2.22. The zero-order chi connectivity index (χ0) is 13.8. The van der Waals surface area contributed by atoms with E-state index in [1.807, 2.05) is 36.1 Å². The lowest BCUT2D eigenvalue weighted by Gasteiger charge is -2.36. The number of amides is 1. The summed E-state index contributed by atoms with van der Waals surface area (Å²) < 4.78 is 6.67. The summed E-state index contributed by atoms with van der Waals surface area (Å²) in [5.74, 6) is 0.555. The fourth-order valence-corrected chi connectivity index (χ4v) is 2.66. The molecule has 1 amide bonds. The first-order valence-electron chi connectivity index (χ1n) is 6.32. The van der Waals surface area contributed by atoms with Gasteiger partial charge in [-0.05, 0) is 24.6 Å². The SMILES string of the molecule is CC1CN(C(=O)Cc2ccc(Br)cc2)CC(CCl)O1. The fraction of sp³-hybridized carbons (Fsp3) is 0.500. The van der Waals surface area contributed by atoms with E-state index in [0.717, 1.165) is 10.0 Å². The largest absolute Gasteiger partial charge is 0.370 e. The van der Waals surface area contributed by atoms with Crippen molar-refractivity contribution >= 4 is 33.4 Å². The van der Waals surface area contributed by atoms with E-state index in [0.29, 0.717) is 25.4 Å². The van der Waals surface area contributed by atoms with Crippen LogP contribution in [0.15, 0.2) is 28.7 Å². The molecule has 1 aromatic carbocycles. The van der Waals surface area contributed by atoms with Crippen LogP contribution >= 0.6 is 27.5 Å². The molecule has 2 atom stereocenters. The van der Waals surface area contributed by atoms with Crippen LogP contribution < -0.4 is 0 Å². The summed E-state index contributed by atoms with van der Waals surface area (Å²) >= 11 is 9.21. The molecular formula is C14H17BrClNO2. The van der Waals surface area contributed by atoms with Crippen molar-refractivity contribution in [3.05, 3.63) is 34.3 Å². The van der Waals surface area contributed by atoms with Crippen molar-refractivity contribution < 1.29 is 9.53 Å². The minimum absolute atomic E-state index is 0.0476. The molecular weight excluding hydrogens is 330 g/mol. The van der Waals surface area contributed by atoms with Crippen LogP contribution in [0.5, 0.6) is 0 Å². The van der Waals surface area contributed by atoms with E-state index in [1.165, 1.54) is 0 Å². The Kier molecular flexibility index (Phi) is 5.25. The molecule has 0 aromatic heterocycles. The van der Waals surface area contributed by atoms with Crippen LogP contribution in [0.25, 0.3) is 0 Å². The Bertz CT molecular complexity index is 438. The Morgan fingerprint density at radius 1 is 1.42 bits per heavy atom. The highest BCUT2D eigenvalue weighted by atomic mass is 79.9. The lowest BCUT2D eigenvalue weighted by atomic mass is 10.1. The molecule has 3 nitrogen and oxygen atoms in total. The van der Waals surface area contributed by atoms with Crippen molar-refractivity contribution in [2.45, 2.75) is 25.6 Å². The van der Waals surface area contributed by atoms with E-state index in [9.17, 15) is 4.79 Å². The molecule has 19 heavy (non-hydrogen) atoms. The quantitative estimate of drug-likeness (QED) is 0.788. The molecule has 0 aliphatic carbocycles. The molecule has 1 heterocycles. The zero-order valence-corrected chi connectivity index (χ0v) is 13.2. The second-order valence-corrected chi connectivity index (χ2v) is 6.05. The summed E-state index contributed by atoms with van der Waals surface area (Å²) in [6.07, 6.45) is 0.417. The number of carbonyl (C=O) groups is 1. The number of benzene rings is 1. The number of carbonyl (C=O) groups excluding carboxylic acids is 1. The van der Waals surface area contributed by atoms with Crippen molar-refractivity contribution in [2.24, 2.45) is 0 Å². The van der Waals surface area contributed by atoms with Crippen LogP contribution in [0.2, 0.25) is 0 Å². The van der Waals surface area contributed by atoms with Crippen LogP contribution in [-0.2, 0) is 16.0 Å². The first-order chi connectivity index (χ1) is 9.08. The lowest BCUT2D eigenvalue weighted by Crippen LogP contribution is -2.50. The van der Waals surface area contributed by atoms with Gasteiger partial charge in [-0.15, -0.1) is 11.6 Å². The van der Waals surface area contributed by atoms with Gasteiger partial charge in [-0.25, -0.2) is 0 Å². The normalized spacial score (nSPS) is 23.4. The van der Waals surface area contributed by atoms with Gasteiger partial charge in [0.2, 0.25) is 5.91 Å². The molecule has 1 aromatic rings. The molecule has 1 aliphatic heterocycles. The second kappa shape index (κ2) is 6.73. The molecule has 104 valence electrons. The number of morpholine rings is 1. The molecule has 0 saturated carbocycles. The summed E-state index contributed by atoms with van der Waals surface area (Å²) in [4.78, 5) is 14.1. The smallest absolute Gasteiger partial charge is 0.227 e. The second-order valence-electron chi connectivity index (χ2n) is 4.82. The molecule has 1 fully saturated rings. The van der Waals surface area contributed by atoms with Gasteiger partial charge in [0, 0.05) is 17.6 Å². The third-order valence-electron chi connectivity index (χ3n) is 3.12. The number of ether oxygens (including phenoxy) is 1. The molecule has 1 saturated heterocycles. The van der Waals surface area contributed by atoms with Crippen molar-refractivity contribution in [3.63, 3.8) is 0 Å². The molecule has 0 radical (unpaired) electrons. The van der Waals surface area contributed by atoms with Gasteiger partial charge in [0.05, 0.1) is 24.5 Å². The highest BCUT2D eigenvalue weighted by Gasteiger charge is 2.27. The van der Waals surface area contributed by atoms with Gasteiger partial charge >= 0.3 is 0 Å². The van der Waals surface area contributed by atoms with E-state index in [2.05, 4.69) is 15.9 Å². The highest BCUT2D eigenvalue weighted by molar-refractivity contribution is 9.10. The van der Waals surface area contributed by atoms with Crippen LogP contribution in [0, 0.1) is 0 Å². The number of rotatable bonds is 3. The minimum atomic E-state index is -0.0562. The number of halogens is 2. The predicted octanol–water partition coefficient (Wildman–Crippen LogP) is 2.85. The summed E-state index contributed by atoms with van der Waals surface area (Å²) in [7, 11) is 0. The van der Waals surface area contributed by atoms with E-state index in [4.69, 9.17) is 16.3 Å². The first-order valence-corrected chi connectivity index (χ1v) is 7.65. The Morgan fingerprint density at radius 3 is 2.74 bits per heavy atom. The monoisotopic (exact) mass is 345 g/mol. The third kappa shape index (κ3) is 4.20. The number of nitrogens with zero attached hydrogens (tertiary/aromatic N) is 1. The maximum absolute atomic E-state index is 12.3. The van der Waals surface area contributed by atoms with E-state index in [-0.39, 0.29) is 18.1 Å². The zero-order valence-electron chi connectivity index (χ0n) is 10.8. The highest BCUT2D eigenvalue weighted by Crippen LogP contribution is 2.15. The van der Waals surface area contributed by atoms with Crippen LogP contribution in [-0.4, -0.2) is 42.0 Å². The first kappa shape index (κ1) is 14.8.